The average Bonchev–Trinajstić information content (AvgIpc) is 2.80. The van der Waals surface area contributed by atoms with Gasteiger partial charge in [-0.3, -0.25) is 19.8 Å². The second-order valence-corrected chi connectivity index (χ2v) is 7.67. The molecule has 0 saturated heterocycles. The molecule has 3 aromatic carbocycles. The summed E-state index contributed by atoms with van der Waals surface area (Å²) in [7, 11) is 1.55. The number of nitro groups is 1. The van der Waals surface area contributed by atoms with Crippen molar-refractivity contribution in [3.63, 3.8) is 0 Å². The van der Waals surface area contributed by atoms with Crippen LogP contribution in [0, 0.1) is 10.1 Å². The van der Waals surface area contributed by atoms with Gasteiger partial charge in [-0.25, -0.2) is 4.79 Å². The van der Waals surface area contributed by atoms with Gasteiger partial charge in [0.05, 0.1) is 21.9 Å². The van der Waals surface area contributed by atoms with Gasteiger partial charge in [-0.1, -0.05) is 36.0 Å². The van der Waals surface area contributed by atoms with E-state index in [9.17, 15) is 19.7 Å². The first-order valence-corrected chi connectivity index (χ1v) is 10.1. The van der Waals surface area contributed by atoms with E-state index in [-0.39, 0.29) is 16.9 Å². The number of rotatable bonds is 5. The number of amides is 1. The number of nitro benzene ring substituents is 1. The summed E-state index contributed by atoms with van der Waals surface area (Å²) >= 11 is 1.56. The smallest absolute Gasteiger partial charge is 0.338 e. The first-order chi connectivity index (χ1) is 15.0. The zero-order valence-corrected chi connectivity index (χ0v) is 17.2. The Hall–Kier alpha value is -3.85. The van der Waals surface area contributed by atoms with E-state index in [1.165, 1.54) is 17.0 Å². The molecule has 31 heavy (non-hydrogen) atoms. The first kappa shape index (κ1) is 20.4. The standard InChI is InChI=1S/C22H17N3O5S/c1-23-15-11-10-14(12-18(15)25(28)29)22(27)30-13-21(26)24-16-6-2-4-8-19(16)31-20-9-5-3-7-17(20)24/h2-12,23H,13H2,1H3. The van der Waals surface area contributed by atoms with Gasteiger partial charge in [0.15, 0.2) is 6.61 Å². The number of para-hydroxylation sites is 2. The average molecular weight is 435 g/mol. The molecule has 3 aromatic rings. The van der Waals surface area contributed by atoms with E-state index in [4.69, 9.17) is 4.74 Å². The molecule has 4 rings (SSSR count). The Labute approximate surface area is 182 Å². The summed E-state index contributed by atoms with van der Waals surface area (Å²) in [6.07, 6.45) is 0. The van der Waals surface area contributed by atoms with Crippen molar-refractivity contribution in [2.45, 2.75) is 9.79 Å². The zero-order chi connectivity index (χ0) is 22.0. The largest absolute Gasteiger partial charge is 0.452 e. The molecule has 0 spiro atoms. The van der Waals surface area contributed by atoms with Gasteiger partial charge in [0.2, 0.25) is 0 Å². The van der Waals surface area contributed by atoms with Gasteiger partial charge < -0.3 is 10.1 Å². The van der Waals surface area contributed by atoms with Gasteiger partial charge in [-0.15, -0.1) is 0 Å². The lowest BCUT2D eigenvalue weighted by atomic mass is 10.1. The quantitative estimate of drug-likeness (QED) is 0.354. The second-order valence-electron chi connectivity index (χ2n) is 6.58. The van der Waals surface area contributed by atoms with Crippen LogP contribution in [-0.2, 0) is 9.53 Å². The van der Waals surface area contributed by atoms with E-state index in [0.29, 0.717) is 11.4 Å². The lowest BCUT2D eigenvalue weighted by molar-refractivity contribution is -0.384. The van der Waals surface area contributed by atoms with E-state index in [1.807, 2.05) is 48.5 Å². The summed E-state index contributed by atoms with van der Waals surface area (Å²) in [5.41, 5.74) is 1.44. The molecule has 0 radical (unpaired) electrons. The van der Waals surface area contributed by atoms with Crippen molar-refractivity contribution in [1.82, 2.24) is 0 Å². The molecule has 0 aliphatic carbocycles. The van der Waals surface area contributed by atoms with Crippen LogP contribution in [0.15, 0.2) is 76.5 Å². The maximum absolute atomic E-state index is 13.1. The topological polar surface area (TPSA) is 102 Å². The maximum Gasteiger partial charge on any atom is 0.338 e. The fourth-order valence-electron chi connectivity index (χ4n) is 3.27. The van der Waals surface area contributed by atoms with Crippen molar-refractivity contribution in [2.24, 2.45) is 0 Å². The summed E-state index contributed by atoms with van der Waals surface area (Å²) in [6.45, 7) is -0.506. The minimum absolute atomic E-state index is 0.00602. The molecule has 1 aliphatic heterocycles. The van der Waals surface area contributed by atoms with Crippen molar-refractivity contribution < 1.29 is 19.2 Å². The molecule has 1 heterocycles. The summed E-state index contributed by atoms with van der Waals surface area (Å²) < 4.78 is 5.20. The number of nitrogens with one attached hydrogen (secondary N) is 1. The van der Waals surface area contributed by atoms with E-state index in [0.717, 1.165) is 15.9 Å². The summed E-state index contributed by atoms with van der Waals surface area (Å²) in [6, 6.07) is 18.9. The third kappa shape index (κ3) is 3.95. The molecule has 0 unspecified atom stereocenters. The highest BCUT2D eigenvalue weighted by Crippen LogP contribution is 2.47. The highest BCUT2D eigenvalue weighted by molar-refractivity contribution is 7.99. The number of esters is 1. The fraction of sp³-hybridized carbons (Fsp3) is 0.0909. The van der Waals surface area contributed by atoms with Crippen molar-refractivity contribution in [3.05, 3.63) is 82.4 Å². The van der Waals surface area contributed by atoms with E-state index in [2.05, 4.69) is 5.32 Å². The van der Waals surface area contributed by atoms with E-state index in [1.54, 1.807) is 18.8 Å². The predicted octanol–water partition coefficient (Wildman–Crippen LogP) is 4.62. The number of hydrogen-bond donors (Lipinski definition) is 1. The number of carbonyl (C=O) groups is 2. The third-order valence-corrected chi connectivity index (χ3v) is 5.84. The summed E-state index contributed by atoms with van der Waals surface area (Å²) in [5.74, 6) is -1.23. The second kappa shape index (κ2) is 8.49. The maximum atomic E-state index is 13.1. The van der Waals surface area contributed by atoms with Crippen molar-refractivity contribution in [1.29, 1.82) is 0 Å². The molecule has 0 saturated carbocycles. The molecule has 1 N–H and O–H groups in total. The van der Waals surface area contributed by atoms with Gasteiger partial charge in [0, 0.05) is 22.9 Å². The SMILES string of the molecule is CNc1ccc(C(=O)OCC(=O)N2c3ccccc3Sc3ccccc32)cc1[N+](=O)[O-]. The molecule has 156 valence electrons. The van der Waals surface area contributed by atoms with E-state index >= 15 is 0 Å². The van der Waals surface area contributed by atoms with E-state index < -0.39 is 23.4 Å². The van der Waals surface area contributed by atoms with Gasteiger partial charge in [0.25, 0.3) is 11.6 Å². The number of ether oxygens (including phenoxy) is 1. The minimum atomic E-state index is -0.813. The number of hydrogen-bond acceptors (Lipinski definition) is 7. The fourth-order valence-corrected chi connectivity index (χ4v) is 4.33. The summed E-state index contributed by atoms with van der Waals surface area (Å²) in [4.78, 5) is 39.5. The Bertz CT molecular complexity index is 1150. The number of carbonyl (C=O) groups excluding carboxylic acids is 2. The molecule has 0 atom stereocenters. The predicted molar refractivity (Wildman–Crippen MR) is 117 cm³/mol. The Morgan fingerprint density at radius 3 is 2.23 bits per heavy atom. The monoisotopic (exact) mass is 435 g/mol. The van der Waals surface area contributed by atoms with Crippen LogP contribution < -0.4 is 10.2 Å². The number of fused-ring (bicyclic) bond motifs is 2. The van der Waals surface area contributed by atoms with Gasteiger partial charge >= 0.3 is 5.97 Å². The molecule has 1 aliphatic rings. The van der Waals surface area contributed by atoms with Crippen LogP contribution in [0.2, 0.25) is 0 Å². The van der Waals surface area contributed by atoms with Crippen molar-refractivity contribution in [2.75, 3.05) is 23.9 Å². The molecular formula is C22H17N3O5S. The first-order valence-electron chi connectivity index (χ1n) is 9.32. The van der Waals surface area contributed by atoms with Crippen LogP contribution in [0.3, 0.4) is 0 Å². The normalized spacial score (nSPS) is 11.8. The number of nitrogens with zero attached hydrogens (tertiary/aromatic N) is 2. The molecule has 0 bridgehead atoms. The van der Waals surface area contributed by atoms with Gasteiger partial charge in [-0.05, 0) is 36.4 Å². The Kier molecular flexibility index (Phi) is 5.59. The Balaban J connectivity index is 1.55. The lowest BCUT2D eigenvalue weighted by Crippen LogP contribution is -2.32. The van der Waals surface area contributed by atoms with Crippen LogP contribution in [0.5, 0.6) is 0 Å². The Morgan fingerprint density at radius 2 is 1.65 bits per heavy atom. The van der Waals surface area contributed by atoms with Crippen LogP contribution in [0.25, 0.3) is 0 Å². The number of benzene rings is 3. The van der Waals surface area contributed by atoms with Crippen molar-refractivity contribution >= 4 is 46.4 Å². The Morgan fingerprint density at radius 1 is 1.03 bits per heavy atom. The molecular weight excluding hydrogens is 418 g/mol. The van der Waals surface area contributed by atoms with Crippen LogP contribution in [-0.4, -0.2) is 30.5 Å². The third-order valence-electron chi connectivity index (χ3n) is 4.71. The molecule has 0 fully saturated rings. The molecule has 9 heteroatoms. The van der Waals surface area contributed by atoms with Crippen LogP contribution in [0.4, 0.5) is 22.7 Å². The minimum Gasteiger partial charge on any atom is -0.452 e. The van der Waals surface area contributed by atoms with Crippen LogP contribution in [0.1, 0.15) is 10.4 Å². The van der Waals surface area contributed by atoms with Gasteiger partial charge in [-0.2, -0.15) is 0 Å². The molecule has 8 nitrogen and oxygen atoms in total. The molecule has 0 aromatic heterocycles. The molecule has 1 amide bonds. The summed E-state index contributed by atoms with van der Waals surface area (Å²) in [5, 5.41) is 13.9. The van der Waals surface area contributed by atoms with Gasteiger partial charge in [0.1, 0.15) is 5.69 Å². The highest BCUT2D eigenvalue weighted by Gasteiger charge is 2.28. The zero-order valence-electron chi connectivity index (χ0n) is 16.4. The van der Waals surface area contributed by atoms with Crippen molar-refractivity contribution in [3.8, 4) is 0 Å². The van der Waals surface area contributed by atoms with Crippen LogP contribution >= 0.6 is 11.8 Å². The lowest BCUT2D eigenvalue weighted by Gasteiger charge is -2.30. The number of anilines is 3. The highest BCUT2D eigenvalue weighted by atomic mass is 32.2.